The van der Waals surface area contributed by atoms with Gasteiger partial charge in [-0.15, -0.1) is 0 Å². The minimum atomic E-state index is 0.143. The number of aryl methyl sites for hydroxylation is 1. The molecule has 2 amide bonds. The van der Waals surface area contributed by atoms with Gasteiger partial charge in [-0.3, -0.25) is 4.90 Å². The molecule has 3 heteroatoms. The zero-order valence-electron chi connectivity index (χ0n) is 18.6. The lowest BCUT2D eigenvalue weighted by Gasteiger charge is -2.59. The number of benzene rings is 1. The van der Waals surface area contributed by atoms with Crippen LogP contribution in [0.25, 0.3) is 0 Å². The average molecular weight is 385 g/mol. The number of urea groups is 1. The molecular formula is C25H40N2O. The smallest absolute Gasteiger partial charge is 0.322 e. The summed E-state index contributed by atoms with van der Waals surface area (Å²) in [6.07, 6.45) is 8.92. The number of nitrogens with one attached hydrogen (secondary N) is 1. The number of nitrogens with zero attached hydrogens (tertiary/aromatic N) is 1. The maximum atomic E-state index is 13.0. The lowest BCUT2D eigenvalue weighted by Crippen LogP contribution is -2.60. The van der Waals surface area contributed by atoms with Crippen molar-refractivity contribution in [3.63, 3.8) is 0 Å². The van der Waals surface area contributed by atoms with Crippen LogP contribution in [-0.4, -0.2) is 18.6 Å². The van der Waals surface area contributed by atoms with E-state index in [4.69, 9.17) is 0 Å². The first kappa shape index (κ1) is 21.2. The van der Waals surface area contributed by atoms with Crippen molar-refractivity contribution in [3.05, 3.63) is 29.8 Å². The lowest BCUT2D eigenvalue weighted by atomic mass is 9.48. The summed E-state index contributed by atoms with van der Waals surface area (Å²) in [5, 5.41) is 3.48. The molecule has 1 aromatic rings. The SMILES string of the molecule is CC.CC.CC12CC3CC(C1)C(NC(=O)N1CCCc4ccccc41)C(C3)C2. The van der Waals surface area contributed by atoms with E-state index in [1.165, 1.54) is 37.7 Å². The third-order valence-corrected chi connectivity index (χ3v) is 7.22. The molecule has 0 spiro atoms. The minimum absolute atomic E-state index is 0.143. The normalized spacial score (nSPS) is 34.4. The third-order valence-electron chi connectivity index (χ3n) is 7.22. The van der Waals surface area contributed by atoms with Crippen LogP contribution in [0.2, 0.25) is 0 Å². The Kier molecular flexibility index (Phi) is 6.73. The number of carbonyl (C=O) groups is 1. The summed E-state index contributed by atoms with van der Waals surface area (Å²) < 4.78 is 0. The van der Waals surface area contributed by atoms with E-state index in [0.717, 1.165) is 31.0 Å². The van der Waals surface area contributed by atoms with Crippen LogP contribution in [0.4, 0.5) is 10.5 Å². The van der Waals surface area contributed by atoms with Crippen molar-refractivity contribution in [2.45, 2.75) is 85.6 Å². The summed E-state index contributed by atoms with van der Waals surface area (Å²) in [6, 6.07) is 8.96. The molecule has 2 atom stereocenters. The van der Waals surface area contributed by atoms with Gasteiger partial charge in [0.1, 0.15) is 0 Å². The first-order valence-corrected chi connectivity index (χ1v) is 11.8. The van der Waals surface area contributed by atoms with Gasteiger partial charge in [-0.05, 0) is 79.7 Å². The largest absolute Gasteiger partial charge is 0.334 e. The van der Waals surface area contributed by atoms with E-state index in [2.05, 4.69) is 30.4 Å². The second-order valence-corrected chi connectivity index (χ2v) is 9.14. The van der Waals surface area contributed by atoms with E-state index in [1.807, 2.05) is 38.7 Å². The van der Waals surface area contributed by atoms with E-state index in [-0.39, 0.29) is 6.03 Å². The molecule has 4 fully saturated rings. The molecule has 1 N–H and O–H groups in total. The molecule has 4 aliphatic carbocycles. The quantitative estimate of drug-likeness (QED) is 0.595. The van der Waals surface area contributed by atoms with Gasteiger partial charge in [0.25, 0.3) is 0 Å². The van der Waals surface area contributed by atoms with Gasteiger partial charge in [0.15, 0.2) is 0 Å². The Bertz CT molecular complexity index is 654. The monoisotopic (exact) mass is 384 g/mol. The van der Waals surface area contributed by atoms with Crippen LogP contribution in [0.1, 0.15) is 78.7 Å². The molecule has 0 aromatic heterocycles. The second-order valence-electron chi connectivity index (χ2n) is 9.14. The number of carbonyl (C=O) groups excluding carboxylic acids is 1. The van der Waals surface area contributed by atoms with Crippen molar-refractivity contribution in [1.29, 1.82) is 0 Å². The number of fused-ring (bicyclic) bond motifs is 1. The van der Waals surface area contributed by atoms with Crippen LogP contribution in [0, 0.1) is 23.2 Å². The summed E-state index contributed by atoms with van der Waals surface area (Å²) in [5.41, 5.74) is 3.00. The molecule has 0 radical (unpaired) electrons. The zero-order valence-corrected chi connectivity index (χ0v) is 18.6. The Labute approximate surface area is 172 Å². The number of rotatable bonds is 1. The van der Waals surface area contributed by atoms with E-state index < -0.39 is 0 Å². The van der Waals surface area contributed by atoms with Gasteiger partial charge in [-0.2, -0.15) is 0 Å². The summed E-state index contributed by atoms with van der Waals surface area (Å²) in [7, 11) is 0. The van der Waals surface area contributed by atoms with Gasteiger partial charge in [0.05, 0.1) is 0 Å². The molecule has 3 nitrogen and oxygen atoms in total. The molecule has 28 heavy (non-hydrogen) atoms. The summed E-state index contributed by atoms with van der Waals surface area (Å²) in [6.45, 7) is 11.3. The van der Waals surface area contributed by atoms with Crippen LogP contribution < -0.4 is 10.2 Å². The molecule has 5 aliphatic rings. The second kappa shape index (κ2) is 8.88. The van der Waals surface area contributed by atoms with Crippen molar-refractivity contribution >= 4 is 11.7 Å². The highest BCUT2D eigenvalue weighted by atomic mass is 16.2. The molecular weight excluding hydrogens is 344 g/mol. The van der Waals surface area contributed by atoms with E-state index in [1.54, 1.807) is 0 Å². The molecule has 6 rings (SSSR count). The Morgan fingerprint density at radius 2 is 1.68 bits per heavy atom. The van der Waals surface area contributed by atoms with Crippen molar-refractivity contribution in [2.75, 3.05) is 11.4 Å². The predicted molar refractivity (Wildman–Crippen MR) is 119 cm³/mol. The number of hydrogen-bond acceptors (Lipinski definition) is 1. The maximum absolute atomic E-state index is 13.0. The highest BCUT2D eigenvalue weighted by Gasteiger charge is 2.53. The first-order valence-electron chi connectivity index (χ1n) is 11.8. The number of hydrogen-bond donors (Lipinski definition) is 1. The van der Waals surface area contributed by atoms with E-state index in [0.29, 0.717) is 23.3 Å². The van der Waals surface area contributed by atoms with Gasteiger partial charge >= 0.3 is 6.03 Å². The summed E-state index contributed by atoms with van der Waals surface area (Å²) in [5.74, 6) is 2.35. The number of para-hydroxylation sites is 1. The molecule has 1 aliphatic heterocycles. The Morgan fingerprint density at radius 3 is 2.32 bits per heavy atom. The van der Waals surface area contributed by atoms with Gasteiger partial charge < -0.3 is 5.32 Å². The fourth-order valence-corrected chi connectivity index (χ4v) is 6.63. The standard InChI is InChI=1S/C21H28N2O.2C2H6/c1-21-11-14-9-16(12-21)19(17(10-14)13-21)22-20(24)23-8-4-6-15-5-2-3-7-18(15)23;2*1-2/h2-3,5,7,14,16-17,19H,4,6,8-13H2,1H3,(H,22,24);2*1-2H3. The van der Waals surface area contributed by atoms with Gasteiger partial charge in [0, 0.05) is 18.3 Å². The highest BCUT2D eigenvalue weighted by molar-refractivity contribution is 5.93. The summed E-state index contributed by atoms with van der Waals surface area (Å²) >= 11 is 0. The van der Waals surface area contributed by atoms with Gasteiger partial charge in [0.2, 0.25) is 0 Å². The highest BCUT2D eigenvalue weighted by Crippen LogP contribution is 2.59. The molecule has 4 saturated carbocycles. The Hall–Kier alpha value is -1.51. The fourth-order valence-electron chi connectivity index (χ4n) is 6.63. The molecule has 156 valence electrons. The van der Waals surface area contributed by atoms with Crippen LogP contribution in [0.15, 0.2) is 24.3 Å². The van der Waals surface area contributed by atoms with Crippen LogP contribution in [0.3, 0.4) is 0 Å². The van der Waals surface area contributed by atoms with Crippen molar-refractivity contribution in [1.82, 2.24) is 5.32 Å². The van der Waals surface area contributed by atoms with E-state index >= 15 is 0 Å². The predicted octanol–water partition coefficient (Wildman–Crippen LogP) is 6.42. The number of amides is 2. The fraction of sp³-hybridized carbons (Fsp3) is 0.720. The summed E-state index contributed by atoms with van der Waals surface area (Å²) in [4.78, 5) is 15.0. The van der Waals surface area contributed by atoms with Gasteiger partial charge in [-0.25, -0.2) is 4.79 Å². The maximum Gasteiger partial charge on any atom is 0.322 e. The Balaban J connectivity index is 0.000000531. The zero-order chi connectivity index (χ0) is 20.3. The molecule has 4 bridgehead atoms. The topological polar surface area (TPSA) is 32.3 Å². The van der Waals surface area contributed by atoms with Crippen molar-refractivity contribution in [2.24, 2.45) is 23.2 Å². The van der Waals surface area contributed by atoms with Crippen molar-refractivity contribution in [3.8, 4) is 0 Å². The van der Waals surface area contributed by atoms with Crippen LogP contribution in [-0.2, 0) is 6.42 Å². The minimum Gasteiger partial charge on any atom is -0.334 e. The van der Waals surface area contributed by atoms with E-state index in [9.17, 15) is 4.79 Å². The Morgan fingerprint density at radius 1 is 1.04 bits per heavy atom. The molecule has 1 aromatic carbocycles. The van der Waals surface area contributed by atoms with Gasteiger partial charge in [-0.1, -0.05) is 52.8 Å². The number of anilines is 1. The third kappa shape index (κ3) is 3.95. The van der Waals surface area contributed by atoms with Crippen molar-refractivity contribution < 1.29 is 4.79 Å². The molecule has 0 saturated heterocycles. The average Bonchev–Trinajstić information content (AvgIpc) is 2.72. The van der Waals surface area contributed by atoms with Crippen LogP contribution >= 0.6 is 0 Å². The molecule has 2 unspecified atom stereocenters. The molecule has 1 heterocycles. The lowest BCUT2D eigenvalue weighted by molar-refractivity contribution is -0.0629. The van der Waals surface area contributed by atoms with Crippen LogP contribution in [0.5, 0.6) is 0 Å². The first-order chi connectivity index (χ1) is 13.6.